The van der Waals surface area contributed by atoms with Crippen LogP contribution in [0.4, 0.5) is 5.69 Å². The van der Waals surface area contributed by atoms with Crippen molar-refractivity contribution in [1.82, 2.24) is 0 Å². The van der Waals surface area contributed by atoms with E-state index in [1.165, 1.54) is 12.1 Å². The summed E-state index contributed by atoms with van der Waals surface area (Å²) in [6.07, 6.45) is 0. The maximum absolute atomic E-state index is 11.6. The lowest BCUT2D eigenvalue weighted by atomic mass is 10.2. The molecule has 2 rings (SSSR count). The number of benzene rings is 1. The number of sulfonamides is 1. The van der Waals surface area contributed by atoms with Crippen molar-refractivity contribution in [3.8, 4) is 5.75 Å². The van der Waals surface area contributed by atoms with E-state index in [0.29, 0.717) is 0 Å². The Kier molecular flexibility index (Phi) is 3.16. The van der Waals surface area contributed by atoms with Gasteiger partial charge in [-0.15, -0.1) is 0 Å². The van der Waals surface area contributed by atoms with E-state index in [1.807, 2.05) is 0 Å². The average Bonchev–Trinajstić information content (AvgIpc) is 2.30. The predicted molar refractivity (Wildman–Crippen MR) is 63.3 cm³/mol. The minimum atomic E-state index is -3.95. The van der Waals surface area contributed by atoms with E-state index in [2.05, 4.69) is 0 Å². The summed E-state index contributed by atoms with van der Waals surface area (Å²) in [5.74, 6) is -1.56. The molecule has 0 bridgehead atoms. The van der Waals surface area contributed by atoms with Crippen molar-refractivity contribution in [3.63, 3.8) is 0 Å². The zero-order valence-corrected chi connectivity index (χ0v) is 10.4. The summed E-state index contributed by atoms with van der Waals surface area (Å²) in [7, 11) is -3.95. The lowest BCUT2D eigenvalue weighted by molar-refractivity contribution is -0.137. The Balaban J connectivity index is 2.53. The Labute approximate surface area is 108 Å². The average molecular weight is 286 g/mol. The summed E-state index contributed by atoms with van der Waals surface area (Å²) in [6, 6.07) is 3.67. The topological polar surface area (TPSA) is 127 Å². The highest BCUT2D eigenvalue weighted by Crippen LogP contribution is 2.33. The number of anilines is 1. The van der Waals surface area contributed by atoms with Crippen LogP contribution in [-0.4, -0.2) is 38.6 Å². The molecule has 0 spiro atoms. The number of rotatable bonds is 3. The molecule has 102 valence electrons. The molecule has 0 aromatic heterocycles. The predicted octanol–water partition coefficient (Wildman–Crippen LogP) is -0.856. The normalized spacial score (nSPS) is 14.8. The van der Waals surface area contributed by atoms with Crippen LogP contribution in [0.15, 0.2) is 23.1 Å². The maximum atomic E-state index is 11.6. The molecule has 19 heavy (non-hydrogen) atoms. The molecule has 0 fully saturated rings. The highest BCUT2D eigenvalue weighted by molar-refractivity contribution is 7.89. The van der Waals surface area contributed by atoms with Crippen molar-refractivity contribution in [1.29, 1.82) is 0 Å². The molecule has 1 heterocycles. The molecule has 8 nitrogen and oxygen atoms in total. The molecule has 1 aliphatic rings. The fourth-order valence-corrected chi connectivity index (χ4v) is 2.20. The zero-order chi connectivity index (χ0) is 14.2. The number of nitrogens with two attached hydrogens (primary N) is 1. The van der Waals surface area contributed by atoms with Gasteiger partial charge in [0, 0.05) is 0 Å². The summed E-state index contributed by atoms with van der Waals surface area (Å²) in [6.45, 7) is -0.877. The number of carboxylic acid groups (broad SMARTS) is 1. The summed E-state index contributed by atoms with van der Waals surface area (Å²) >= 11 is 0. The number of carboxylic acids is 1. The van der Waals surface area contributed by atoms with Gasteiger partial charge in [-0.1, -0.05) is 0 Å². The summed E-state index contributed by atoms with van der Waals surface area (Å²) in [4.78, 5) is 23.1. The fraction of sp³-hybridized carbons (Fsp3) is 0.200. The van der Waals surface area contributed by atoms with Gasteiger partial charge >= 0.3 is 5.97 Å². The highest BCUT2D eigenvalue weighted by atomic mass is 32.2. The lowest BCUT2D eigenvalue weighted by Gasteiger charge is -2.28. The molecular formula is C10H10N2O6S. The molecule has 0 atom stereocenters. The van der Waals surface area contributed by atoms with E-state index in [0.717, 1.165) is 11.0 Å². The van der Waals surface area contributed by atoms with Crippen LogP contribution in [-0.2, 0) is 19.6 Å². The van der Waals surface area contributed by atoms with Gasteiger partial charge in [-0.2, -0.15) is 0 Å². The number of primary sulfonamides is 1. The first kappa shape index (κ1) is 13.3. The van der Waals surface area contributed by atoms with E-state index in [1.54, 1.807) is 0 Å². The number of amides is 1. The van der Waals surface area contributed by atoms with Gasteiger partial charge in [-0.3, -0.25) is 14.5 Å². The molecule has 1 aromatic rings. The molecule has 0 saturated carbocycles. The van der Waals surface area contributed by atoms with Gasteiger partial charge < -0.3 is 9.84 Å². The van der Waals surface area contributed by atoms with Crippen LogP contribution in [0.25, 0.3) is 0 Å². The Bertz CT molecular complexity index is 654. The Morgan fingerprint density at radius 1 is 1.47 bits per heavy atom. The van der Waals surface area contributed by atoms with Crippen molar-refractivity contribution in [2.24, 2.45) is 5.14 Å². The molecule has 9 heteroatoms. The number of carbonyl (C=O) groups is 2. The van der Waals surface area contributed by atoms with Gasteiger partial charge in [-0.25, -0.2) is 13.6 Å². The second kappa shape index (κ2) is 4.52. The Hall–Kier alpha value is -2.13. The number of nitrogens with zero attached hydrogens (tertiary/aromatic N) is 1. The molecule has 3 N–H and O–H groups in total. The number of ether oxygens (including phenoxy) is 1. The number of carbonyl (C=O) groups excluding carboxylic acids is 1. The van der Waals surface area contributed by atoms with Gasteiger partial charge in [-0.05, 0) is 18.2 Å². The number of fused-ring (bicyclic) bond motifs is 1. The third kappa shape index (κ3) is 2.66. The molecule has 0 radical (unpaired) electrons. The molecule has 0 saturated heterocycles. The van der Waals surface area contributed by atoms with E-state index >= 15 is 0 Å². The molecule has 1 aromatic carbocycles. The summed E-state index contributed by atoms with van der Waals surface area (Å²) in [5.41, 5.74) is 0.0742. The van der Waals surface area contributed by atoms with Crippen LogP contribution >= 0.6 is 0 Å². The van der Waals surface area contributed by atoms with E-state index in [4.69, 9.17) is 15.0 Å². The summed E-state index contributed by atoms with van der Waals surface area (Å²) < 4.78 is 27.6. The van der Waals surface area contributed by atoms with Crippen LogP contribution in [0.5, 0.6) is 5.75 Å². The number of hydrogen-bond acceptors (Lipinski definition) is 5. The number of hydrogen-bond donors (Lipinski definition) is 2. The van der Waals surface area contributed by atoms with Gasteiger partial charge in [0.15, 0.2) is 6.61 Å². The molecular weight excluding hydrogens is 276 g/mol. The van der Waals surface area contributed by atoms with Crippen molar-refractivity contribution in [3.05, 3.63) is 18.2 Å². The van der Waals surface area contributed by atoms with Crippen molar-refractivity contribution >= 4 is 27.6 Å². The number of aliphatic carboxylic acids is 1. The van der Waals surface area contributed by atoms with E-state index < -0.39 is 28.4 Å². The first-order valence-electron chi connectivity index (χ1n) is 5.11. The van der Waals surface area contributed by atoms with Crippen molar-refractivity contribution < 1.29 is 27.9 Å². The maximum Gasteiger partial charge on any atom is 0.323 e. The van der Waals surface area contributed by atoms with E-state index in [-0.39, 0.29) is 22.9 Å². The third-order valence-electron chi connectivity index (χ3n) is 2.50. The van der Waals surface area contributed by atoms with Gasteiger partial charge in [0.05, 0.1) is 10.6 Å². The summed E-state index contributed by atoms with van der Waals surface area (Å²) in [5, 5.41) is 13.7. The van der Waals surface area contributed by atoms with E-state index in [9.17, 15) is 18.0 Å². The zero-order valence-electron chi connectivity index (χ0n) is 9.57. The first-order chi connectivity index (χ1) is 8.79. The molecule has 1 amide bonds. The second-order valence-corrected chi connectivity index (χ2v) is 5.40. The SMILES string of the molecule is NS(=O)(=O)c1ccc2c(c1)N(CC(=O)O)C(=O)CO2. The molecule has 0 aliphatic carbocycles. The fourth-order valence-electron chi connectivity index (χ4n) is 1.67. The Morgan fingerprint density at radius 3 is 2.74 bits per heavy atom. The third-order valence-corrected chi connectivity index (χ3v) is 3.41. The highest BCUT2D eigenvalue weighted by Gasteiger charge is 2.28. The first-order valence-corrected chi connectivity index (χ1v) is 6.65. The largest absolute Gasteiger partial charge is 0.482 e. The Morgan fingerprint density at radius 2 is 2.16 bits per heavy atom. The van der Waals surface area contributed by atoms with Gasteiger partial charge in [0.1, 0.15) is 12.3 Å². The molecule has 0 unspecified atom stereocenters. The van der Waals surface area contributed by atoms with Crippen LogP contribution < -0.4 is 14.8 Å². The lowest BCUT2D eigenvalue weighted by Crippen LogP contribution is -2.42. The van der Waals surface area contributed by atoms with Crippen LogP contribution in [0.2, 0.25) is 0 Å². The monoisotopic (exact) mass is 286 g/mol. The van der Waals surface area contributed by atoms with Crippen LogP contribution in [0, 0.1) is 0 Å². The standard InChI is InChI=1S/C10H10N2O6S/c11-19(16,17)6-1-2-8-7(3-6)12(4-10(14)15)9(13)5-18-8/h1-3H,4-5H2,(H,14,15)(H2,11,16,17). The second-order valence-electron chi connectivity index (χ2n) is 3.84. The van der Waals surface area contributed by atoms with Gasteiger partial charge in [0.2, 0.25) is 10.0 Å². The minimum Gasteiger partial charge on any atom is -0.482 e. The van der Waals surface area contributed by atoms with Crippen molar-refractivity contribution in [2.75, 3.05) is 18.1 Å². The molecule has 1 aliphatic heterocycles. The van der Waals surface area contributed by atoms with Crippen molar-refractivity contribution in [2.45, 2.75) is 4.90 Å². The van der Waals surface area contributed by atoms with Crippen LogP contribution in [0.3, 0.4) is 0 Å². The van der Waals surface area contributed by atoms with Gasteiger partial charge in [0.25, 0.3) is 5.91 Å². The minimum absolute atomic E-state index is 0.0742. The smallest absolute Gasteiger partial charge is 0.323 e. The van der Waals surface area contributed by atoms with Crippen LogP contribution in [0.1, 0.15) is 0 Å². The quantitative estimate of drug-likeness (QED) is 0.744.